The van der Waals surface area contributed by atoms with E-state index in [2.05, 4.69) is 26.1 Å². The van der Waals surface area contributed by atoms with Crippen molar-refractivity contribution in [2.45, 2.75) is 19.4 Å². The molecule has 1 saturated heterocycles. The summed E-state index contributed by atoms with van der Waals surface area (Å²) < 4.78 is 27.7. The summed E-state index contributed by atoms with van der Waals surface area (Å²) >= 11 is 2.99. The minimum absolute atomic E-state index is 0.0545. The first-order valence-corrected chi connectivity index (χ1v) is 7.31. The Hall–Kier alpha value is -1.01. The number of amides is 1. The average molecular weight is 347 g/mol. The van der Waals surface area contributed by atoms with Gasteiger partial charge in [-0.15, -0.1) is 0 Å². The van der Waals surface area contributed by atoms with E-state index >= 15 is 0 Å². The molecular formula is C14H17BrF2N2O. The van der Waals surface area contributed by atoms with E-state index < -0.39 is 23.1 Å². The van der Waals surface area contributed by atoms with Gasteiger partial charge in [-0.25, -0.2) is 8.78 Å². The van der Waals surface area contributed by atoms with Crippen molar-refractivity contribution in [3.63, 3.8) is 0 Å². The van der Waals surface area contributed by atoms with Crippen molar-refractivity contribution in [1.29, 1.82) is 0 Å². The van der Waals surface area contributed by atoms with Gasteiger partial charge in [0.2, 0.25) is 0 Å². The Morgan fingerprint density at radius 3 is 2.55 bits per heavy atom. The van der Waals surface area contributed by atoms with Gasteiger partial charge in [0.25, 0.3) is 5.91 Å². The maximum Gasteiger partial charge on any atom is 0.257 e. The highest BCUT2D eigenvalue weighted by Gasteiger charge is 2.27. The van der Waals surface area contributed by atoms with Crippen LogP contribution < -0.4 is 5.32 Å². The number of benzene rings is 1. The summed E-state index contributed by atoms with van der Waals surface area (Å²) in [7, 11) is 2.02. The van der Waals surface area contributed by atoms with Crippen LogP contribution in [0.2, 0.25) is 0 Å². The number of nitrogens with one attached hydrogen (secondary N) is 1. The summed E-state index contributed by atoms with van der Waals surface area (Å²) in [5.41, 5.74) is -0.515. The van der Waals surface area contributed by atoms with E-state index in [0.717, 1.165) is 31.6 Å². The average Bonchev–Trinajstić information content (AvgIpc) is 2.31. The lowest BCUT2D eigenvalue weighted by Gasteiger charge is -2.35. The van der Waals surface area contributed by atoms with E-state index in [1.807, 2.05) is 14.0 Å². The quantitative estimate of drug-likeness (QED) is 0.892. The molecule has 1 fully saturated rings. The molecule has 1 aliphatic heterocycles. The molecule has 1 heterocycles. The van der Waals surface area contributed by atoms with Crippen molar-refractivity contribution in [3.05, 3.63) is 33.8 Å². The summed E-state index contributed by atoms with van der Waals surface area (Å²) in [6.07, 6.45) is 0.781. The van der Waals surface area contributed by atoms with Crippen LogP contribution in [-0.4, -0.2) is 37.0 Å². The molecule has 0 aliphatic carbocycles. The molecule has 1 aromatic rings. The number of likely N-dealkylation sites (tertiary alicyclic amines) is 1. The molecule has 2 rings (SSSR count). The maximum absolute atomic E-state index is 13.7. The van der Waals surface area contributed by atoms with Gasteiger partial charge >= 0.3 is 0 Å². The second-order valence-corrected chi connectivity index (χ2v) is 6.27. The van der Waals surface area contributed by atoms with Crippen molar-refractivity contribution in [1.82, 2.24) is 10.2 Å². The Balaban J connectivity index is 2.13. The Kier molecular flexibility index (Phi) is 4.75. The number of hydrogen-bond acceptors (Lipinski definition) is 2. The monoisotopic (exact) mass is 346 g/mol. The van der Waals surface area contributed by atoms with Crippen molar-refractivity contribution in [3.8, 4) is 0 Å². The molecule has 3 nitrogen and oxygen atoms in total. The molecule has 1 amide bonds. The molecule has 1 N–H and O–H groups in total. The topological polar surface area (TPSA) is 32.3 Å². The highest BCUT2D eigenvalue weighted by atomic mass is 79.9. The van der Waals surface area contributed by atoms with Crippen LogP contribution >= 0.6 is 15.9 Å². The lowest BCUT2D eigenvalue weighted by Crippen LogP contribution is -2.49. The summed E-state index contributed by atoms with van der Waals surface area (Å²) in [5, 5.41) is 2.75. The second-order valence-electron chi connectivity index (χ2n) is 5.35. The molecule has 0 spiro atoms. The Morgan fingerprint density at radius 1 is 1.40 bits per heavy atom. The Labute approximate surface area is 125 Å². The SMILES string of the molecule is CC1CN(C)CCC1NC(=O)c1c(F)cc(Br)cc1F. The molecule has 2 atom stereocenters. The summed E-state index contributed by atoms with van der Waals surface area (Å²) in [4.78, 5) is 14.2. The normalized spacial score (nSPS) is 23.6. The Morgan fingerprint density at radius 2 is 2.00 bits per heavy atom. The highest BCUT2D eigenvalue weighted by molar-refractivity contribution is 9.10. The number of rotatable bonds is 2. The zero-order valence-electron chi connectivity index (χ0n) is 11.4. The number of halogens is 3. The van der Waals surface area contributed by atoms with Crippen LogP contribution in [0.5, 0.6) is 0 Å². The minimum atomic E-state index is -0.852. The second kappa shape index (κ2) is 6.18. The number of nitrogens with zero attached hydrogens (tertiary/aromatic N) is 1. The lowest BCUT2D eigenvalue weighted by atomic mass is 9.94. The summed E-state index contributed by atoms with van der Waals surface area (Å²) in [6.45, 7) is 3.74. The van der Waals surface area contributed by atoms with Gasteiger partial charge < -0.3 is 10.2 Å². The van der Waals surface area contributed by atoms with Crippen LogP contribution in [0, 0.1) is 17.6 Å². The van der Waals surface area contributed by atoms with Gasteiger partial charge in [-0.1, -0.05) is 22.9 Å². The molecule has 20 heavy (non-hydrogen) atoms. The van der Waals surface area contributed by atoms with Crippen LogP contribution in [0.4, 0.5) is 8.78 Å². The van der Waals surface area contributed by atoms with Crippen LogP contribution in [-0.2, 0) is 0 Å². The predicted molar refractivity (Wildman–Crippen MR) is 76.6 cm³/mol. The van der Waals surface area contributed by atoms with Gasteiger partial charge in [-0.2, -0.15) is 0 Å². The molecule has 1 aliphatic rings. The molecular weight excluding hydrogens is 330 g/mol. The lowest BCUT2D eigenvalue weighted by molar-refractivity contribution is 0.0875. The molecule has 0 radical (unpaired) electrons. The standard InChI is InChI=1S/C14H17BrF2N2O/c1-8-7-19(2)4-3-12(8)18-14(20)13-10(16)5-9(15)6-11(13)17/h5-6,8,12H,3-4,7H2,1-2H3,(H,18,20). The molecule has 6 heteroatoms. The first-order chi connectivity index (χ1) is 9.38. The van der Waals surface area contributed by atoms with Gasteiger partial charge in [-0.3, -0.25) is 4.79 Å². The van der Waals surface area contributed by atoms with E-state index in [0.29, 0.717) is 0 Å². The molecule has 0 saturated carbocycles. The third kappa shape index (κ3) is 3.35. The molecule has 0 aromatic heterocycles. The van der Waals surface area contributed by atoms with Crippen LogP contribution in [0.15, 0.2) is 16.6 Å². The van der Waals surface area contributed by atoms with Crippen LogP contribution in [0.3, 0.4) is 0 Å². The highest BCUT2D eigenvalue weighted by Crippen LogP contribution is 2.21. The van der Waals surface area contributed by atoms with Gasteiger partial charge in [0.1, 0.15) is 17.2 Å². The van der Waals surface area contributed by atoms with E-state index in [9.17, 15) is 13.6 Å². The summed E-state index contributed by atoms with van der Waals surface area (Å²) in [6, 6.07) is 2.13. The number of carbonyl (C=O) groups is 1. The van der Waals surface area contributed by atoms with E-state index in [-0.39, 0.29) is 16.4 Å². The van der Waals surface area contributed by atoms with Gasteiger partial charge in [-0.05, 0) is 38.1 Å². The predicted octanol–water partition coefficient (Wildman–Crippen LogP) is 2.80. The molecule has 1 aromatic carbocycles. The zero-order valence-corrected chi connectivity index (χ0v) is 13.0. The fourth-order valence-corrected chi connectivity index (χ4v) is 2.97. The smallest absolute Gasteiger partial charge is 0.257 e. The van der Waals surface area contributed by atoms with Crippen molar-refractivity contribution >= 4 is 21.8 Å². The third-order valence-corrected chi connectivity index (χ3v) is 4.12. The number of piperidine rings is 1. The molecule has 110 valence electrons. The maximum atomic E-state index is 13.7. The molecule has 0 bridgehead atoms. The largest absolute Gasteiger partial charge is 0.349 e. The van der Waals surface area contributed by atoms with Gasteiger partial charge in [0.15, 0.2) is 0 Å². The summed E-state index contributed by atoms with van der Waals surface area (Å²) in [5.74, 6) is -2.14. The van der Waals surface area contributed by atoms with Crippen LogP contribution in [0.25, 0.3) is 0 Å². The third-order valence-electron chi connectivity index (χ3n) is 3.66. The first-order valence-electron chi connectivity index (χ1n) is 6.52. The Bertz CT molecular complexity index is 501. The fourth-order valence-electron chi connectivity index (χ4n) is 2.57. The van der Waals surface area contributed by atoms with Crippen molar-refractivity contribution < 1.29 is 13.6 Å². The fraction of sp³-hybridized carbons (Fsp3) is 0.500. The van der Waals surface area contributed by atoms with Gasteiger partial charge in [0.05, 0.1) is 0 Å². The van der Waals surface area contributed by atoms with Crippen molar-refractivity contribution in [2.24, 2.45) is 5.92 Å². The number of hydrogen-bond donors (Lipinski definition) is 1. The molecule has 2 unspecified atom stereocenters. The minimum Gasteiger partial charge on any atom is -0.349 e. The van der Waals surface area contributed by atoms with Crippen molar-refractivity contribution in [2.75, 3.05) is 20.1 Å². The first kappa shape index (κ1) is 15.4. The van der Waals surface area contributed by atoms with Crippen LogP contribution in [0.1, 0.15) is 23.7 Å². The number of carbonyl (C=O) groups excluding carboxylic acids is 1. The van der Waals surface area contributed by atoms with E-state index in [4.69, 9.17) is 0 Å². The van der Waals surface area contributed by atoms with E-state index in [1.54, 1.807) is 0 Å². The van der Waals surface area contributed by atoms with Gasteiger partial charge in [0, 0.05) is 17.1 Å². The van der Waals surface area contributed by atoms with E-state index in [1.165, 1.54) is 0 Å². The zero-order chi connectivity index (χ0) is 14.9.